The molecule has 1 aliphatic carbocycles. The highest BCUT2D eigenvalue weighted by molar-refractivity contribution is 5.09. The van der Waals surface area contributed by atoms with Crippen LogP contribution in [-0.2, 0) is 0 Å². The van der Waals surface area contributed by atoms with Gasteiger partial charge in [0.2, 0.25) is 0 Å². The average Bonchev–Trinajstić information content (AvgIpc) is 2.25. The van der Waals surface area contributed by atoms with Crippen molar-refractivity contribution in [1.29, 1.82) is 0 Å². The fourth-order valence-electron chi connectivity index (χ4n) is 2.71. The van der Waals surface area contributed by atoms with Gasteiger partial charge in [-0.3, -0.25) is 0 Å². The second kappa shape index (κ2) is 6.32. The normalized spacial score (nSPS) is 28.5. The first kappa shape index (κ1) is 12.8. The van der Waals surface area contributed by atoms with Crippen LogP contribution in [0.15, 0.2) is 11.6 Å². The zero-order valence-corrected chi connectivity index (χ0v) is 10.8. The molecule has 0 aromatic carbocycles. The minimum absolute atomic E-state index is 0.717. The Kier molecular flexibility index (Phi) is 5.38. The van der Waals surface area contributed by atoms with E-state index in [1.807, 2.05) is 0 Å². The highest BCUT2D eigenvalue weighted by atomic mass is 14.9. The van der Waals surface area contributed by atoms with Gasteiger partial charge in [0.1, 0.15) is 0 Å². The molecule has 0 aromatic heterocycles. The van der Waals surface area contributed by atoms with Gasteiger partial charge in [-0.15, -0.1) is 0 Å². The highest BCUT2D eigenvalue weighted by Crippen LogP contribution is 2.28. The van der Waals surface area contributed by atoms with Crippen LogP contribution in [0.3, 0.4) is 0 Å². The van der Waals surface area contributed by atoms with Gasteiger partial charge in [-0.1, -0.05) is 45.3 Å². The van der Waals surface area contributed by atoms with Crippen LogP contribution in [0.5, 0.6) is 0 Å². The van der Waals surface area contributed by atoms with E-state index in [9.17, 15) is 0 Å². The van der Waals surface area contributed by atoms with Gasteiger partial charge in [0.15, 0.2) is 0 Å². The van der Waals surface area contributed by atoms with Gasteiger partial charge in [0.25, 0.3) is 0 Å². The molecule has 1 aliphatic rings. The molecular formula is C14H27N. The number of nitrogens with one attached hydrogen (secondary N) is 1. The minimum atomic E-state index is 0.717. The van der Waals surface area contributed by atoms with Crippen LogP contribution in [0.4, 0.5) is 0 Å². The largest absolute Gasteiger partial charge is 0.316 e. The third-order valence-corrected chi connectivity index (χ3v) is 3.77. The van der Waals surface area contributed by atoms with Crippen LogP contribution < -0.4 is 5.32 Å². The van der Waals surface area contributed by atoms with Gasteiger partial charge in [0, 0.05) is 6.04 Å². The van der Waals surface area contributed by atoms with E-state index in [1.165, 1.54) is 32.1 Å². The molecule has 0 saturated heterocycles. The first-order chi connectivity index (χ1) is 7.19. The highest BCUT2D eigenvalue weighted by Gasteiger charge is 2.22. The molecule has 1 fully saturated rings. The molecule has 15 heavy (non-hydrogen) atoms. The number of hydrogen-bond donors (Lipinski definition) is 1. The maximum absolute atomic E-state index is 3.48. The first-order valence-corrected chi connectivity index (χ1v) is 6.56. The van der Waals surface area contributed by atoms with Crippen LogP contribution in [-0.4, -0.2) is 13.1 Å². The lowest BCUT2D eigenvalue weighted by Crippen LogP contribution is -2.35. The lowest BCUT2D eigenvalue weighted by molar-refractivity contribution is 0.319. The van der Waals surface area contributed by atoms with E-state index in [-0.39, 0.29) is 0 Å². The van der Waals surface area contributed by atoms with Crippen molar-refractivity contribution in [3.63, 3.8) is 0 Å². The van der Waals surface area contributed by atoms with Gasteiger partial charge < -0.3 is 5.32 Å². The molecule has 1 nitrogen and oxygen atoms in total. The lowest BCUT2D eigenvalue weighted by Gasteiger charge is -2.30. The summed E-state index contributed by atoms with van der Waals surface area (Å²) in [7, 11) is 2.11. The number of rotatable bonds is 4. The molecule has 2 unspecified atom stereocenters. The average molecular weight is 209 g/mol. The molecule has 0 aromatic rings. The van der Waals surface area contributed by atoms with Crippen LogP contribution in [0.2, 0.25) is 0 Å². The predicted octanol–water partition coefficient (Wildman–Crippen LogP) is 3.76. The summed E-state index contributed by atoms with van der Waals surface area (Å²) in [6.07, 6.45) is 9.32. The summed E-state index contributed by atoms with van der Waals surface area (Å²) in [5.41, 5.74) is 1.64. The van der Waals surface area contributed by atoms with Crippen molar-refractivity contribution in [2.45, 2.75) is 58.9 Å². The molecule has 1 rings (SSSR count). The molecule has 2 atom stereocenters. The Bertz CT molecular complexity index is 205. The fraction of sp³-hybridized carbons (Fsp3) is 0.857. The van der Waals surface area contributed by atoms with Gasteiger partial charge in [0.05, 0.1) is 0 Å². The van der Waals surface area contributed by atoms with E-state index in [2.05, 4.69) is 39.2 Å². The molecule has 0 aliphatic heterocycles. The SMILES string of the molecule is CC/C(=C/C1CCCCC1NC)C(C)C. The Labute approximate surface area is 95.3 Å². The Balaban J connectivity index is 2.67. The monoisotopic (exact) mass is 209 g/mol. The molecule has 0 spiro atoms. The Morgan fingerprint density at radius 1 is 1.33 bits per heavy atom. The van der Waals surface area contributed by atoms with Crippen LogP contribution in [0.25, 0.3) is 0 Å². The van der Waals surface area contributed by atoms with Crippen molar-refractivity contribution < 1.29 is 0 Å². The zero-order chi connectivity index (χ0) is 11.3. The summed E-state index contributed by atoms with van der Waals surface area (Å²) in [4.78, 5) is 0. The molecule has 1 heteroatoms. The van der Waals surface area contributed by atoms with Crippen molar-refractivity contribution in [3.05, 3.63) is 11.6 Å². The van der Waals surface area contributed by atoms with Gasteiger partial charge >= 0.3 is 0 Å². The van der Waals surface area contributed by atoms with Gasteiger partial charge in [-0.2, -0.15) is 0 Å². The summed E-state index contributed by atoms with van der Waals surface area (Å²) >= 11 is 0. The van der Waals surface area contributed by atoms with E-state index in [1.54, 1.807) is 5.57 Å². The molecule has 0 amide bonds. The maximum atomic E-state index is 3.48. The molecule has 1 saturated carbocycles. The maximum Gasteiger partial charge on any atom is 0.0127 e. The van der Waals surface area contributed by atoms with Crippen molar-refractivity contribution >= 4 is 0 Å². The smallest absolute Gasteiger partial charge is 0.0127 e. The second-order valence-corrected chi connectivity index (χ2v) is 5.09. The van der Waals surface area contributed by atoms with E-state index in [4.69, 9.17) is 0 Å². The lowest BCUT2D eigenvalue weighted by atomic mass is 9.82. The Hall–Kier alpha value is -0.300. The third-order valence-electron chi connectivity index (χ3n) is 3.77. The molecule has 0 heterocycles. The van der Waals surface area contributed by atoms with Crippen molar-refractivity contribution in [2.75, 3.05) is 7.05 Å². The van der Waals surface area contributed by atoms with Crippen LogP contribution >= 0.6 is 0 Å². The van der Waals surface area contributed by atoms with E-state index in [0.717, 1.165) is 17.9 Å². The van der Waals surface area contributed by atoms with Gasteiger partial charge in [-0.25, -0.2) is 0 Å². The summed E-state index contributed by atoms with van der Waals surface area (Å²) in [5.74, 6) is 1.50. The number of allylic oxidation sites excluding steroid dienone is 1. The van der Waals surface area contributed by atoms with E-state index in [0.29, 0.717) is 0 Å². The summed E-state index contributed by atoms with van der Waals surface area (Å²) < 4.78 is 0. The summed E-state index contributed by atoms with van der Waals surface area (Å²) in [6, 6.07) is 0.721. The van der Waals surface area contributed by atoms with E-state index < -0.39 is 0 Å². The molecule has 88 valence electrons. The van der Waals surface area contributed by atoms with Crippen molar-refractivity contribution in [2.24, 2.45) is 11.8 Å². The first-order valence-electron chi connectivity index (χ1n) is 6.56. The molecular weight excluding hydrogens is 182 g/mol. The standard InChI is InChI=1S/C14H27N/c1-5-12(11(2)3)10-13-8-6-7-9-14(13)15-4/h10-11,13-15H,5-9H2,1-4H3/b12-10-. The van der Waals surface area contributed by atoms with Crippen LogP contribution in [0, 0.1) is 11.8 Å². The fourth-order valence-corrected chi connectivity index (χ4v) is 2.71. The molecule has 1 N–H and O–H groups in total. The van der Waals surface area contributed by atoms with Gasteiger partial charge in [-0.05, 0) is 38.1 Å². The van der Waals surface area contributed by atoms with Crippen molar-refractivity contribution in [1.82, 2.24) is 5.32 Å². The molecule has 0 radical (unpaired) electrons. The van der Waals surface area contributed by atoms with E-state index >= 15 is 0 Å². The molecule has 0 bridgehead atoms. The Morgan fingerprint density at radius 2 is 2.00 bits per heavy atom. The topological polar surface area (TPSA) is 12.0 Å². The number of hydrogen-bond acceptors (Lipinski definition) is 1. The minimum Gasteiger partial charge on any atom is -0.316 e. The summed E-state index contributed by atoms with van der Waals surface area (Å²) in [5, 5.41) is 3.48. The quantitative estimate of drug-likeness (QED) is 0.695. The second-order valence-electron chi connectivity index (χ2n) is 5.09. The zero-order valence-electron chi connectivity index (χ0n) is 10.8. The summed E-state index contributed by atoms with van der Waals surface area (Å²) in [6.45, 7) is 6.90. The van der Waals surface area contributed by atoms with Crippen molar-refractivity contribution in [3.8, 4) is 0 Å². The Morgan fingerprint density at radius 3 is 2.53 bits per heavy atom. The van der Waals surface area contributed by atoms with Crippen LogP contribution in [0.1, 0.15) is 52.9 Å². The third kappa shape index (κ3) is 3.64. The predicted molar refractivity (Wildman–Crippen MR) is 68.0 cm³/mol.